The van der Waals surface area contributed by atoms with Crippen molar-refractivity contribution in [3.63, 3.8) is 0 Å². The maximum absolute atomic E-state index is 13.3. The molecule has 2 saturated heterocycles. The minimum absolute atomic E-state index is 0.107. The van der Waals surface area contributed by atoms with Crippen molar-refractivity contribution in [2.75, 3.05) is 41.1 Å². The average molecular weight is 479 g/mol. The fourth-order valence-corrected chi connectivity index (χ4v) is 7.88. The monoisotopic (exact) mass is 478 g/mol. The summed E-state index contributed by atoms with van der Waals surface area (Å²) in [5.74, 6) is 0.0148. The standard InChI is InChI=1S/C21H26N4O5S2/c1-16-14-17(25-20(26)21(2,3)15-31(25,27)28)7-8-18(16)32(29,30)24-12-10-23(11-13-24)19-6-4-5-9-22-19/h4-9,14H,10-13,15H2,1-3H3. The van der Waals surface area contributed by atoms with E-state index in [0.29, 0.717) is 31.7 Å². The van der Waals surface area contributed by atoms with Crippen LogP contribution in [-0.2, 0) is 24.8 Å². The van der Waals surface area contributed by atoms with Gasteiger partial charge < -0.3 is 4.90 Å². The van der Waals surface area contributed by atoms with Crippen molar-refractivity contribution in [2.45, 2.75) is 25.7 Å². The Hall–Kier alpha value is -2.50. The van der Waals surface area contributed by atoms with Crippen molar-refractivity contribution in [1.29, 1.82) is 0 Å². The van der Waals surface area contributed by atoms with E-state index in [4.69, 9.17) is 0 Å². The Balaban J connectivity index is 1.56. The van der Waals surface area contributed by atoms with Crippen molar-refractivity contribution >= 4 is 37.5 Å². The molecule has 2 fully saturated rings. The van der Waals surface area contributed by atoms with Crippen LogP contribution in [0.1, 0.15) is 19.4 Å². The molecule has 2 aliphatic heterocycles. The predicted molar refractivity (Wildman–Crippen MR) is 121 cm³/mol. The lowest BCUT2D eigenvalue weighted by atomic mass is 9.95. The van der Waals surface area contributed by atoms with E-state index in [1.165, 1.54) is 22.5 Å². The molecule has 1 amide bonds. The van der Waals surface area contributed by atoms with Gasteiger partial charge in [0.1, 0.15) is 5.82 Å². The summed E-state index contributed by atoms with van der Waals surface area (Å²) in [6.45, 7) is 6.44. The fourth-order valence-electron chi connectivity index (χ4n) is 4.15. The van der Waals surface area contributed by atoms with Gasteiger partial charge in [0.05, 0.1) is 21.8 Å². The van der Waals surface area contributed by atoms with Gasteiger partial charge in [-0.1, -0.05) is 6.07 Å². The number of aryl methyl sites for hydroxylation is 1. The van der Waals surface area contributed by atoms with Crippen molar-refractivity contribution in [3.05, 3.63) is 48.2 Å². The number of nitrogens with zero attached hydrogens (tertiary/aromatic N) is 4. The van der Waals surface area contributed by atoms with Crippen LogP contribution in [0.2, 0.25) is 0 Å². The summed E-state index contributed by atoms with van der Waals surface area (Å²) in [6.07, 6.45) is 1.70. The second kappa shape index (κ2) is 7.82. The lowest BCUT2D eigenvalue weighted by Gasteiger charge is -2.35. The zero-order valence-electron chi connectivity index (χ0n) is 18.2. The SMILES string of the molecule is Cc1cc(N2C(=O)C(C)(C)CS2(=O)=O)ccc1S(=O)(=O)N1CCN(c2ccccn2)CC1. The number of rotatable bonds is 4. The van der Waals surface area contributed by atoms with Gasteiger partial charge in [0.2, 0.25) is 26.0 Å². The highest BCUT2D eigenvalue weighted by molar-refractivity contribution is 7.94. The van der Waals surface area contributed by atoms with Crippen LogP contribution in [0.5, 0.6) is 0 Å². The maximum atomic E-state index is 13.3. The minimum Gasteiger partial charge on any atom is -0.354 e. The second-order valence-electron chi connectivity index (χ2n) is 8.74. The van der Waals surface area contributed by atoms with Gasteiger partial charge in [-0.05, 0) is 56.7 Å². The number of hydrogen-bond donors (Lipinski definition) is 0. The van der Waals surface area contributed by atoms with E-state index < -0.39 is 31.4 Å². The molecule has 0 saturated carbocycles. The smallest absolute Gasteiger partial charge is 0.247 e. The molecule has 9 nitrogen and oxygen atoms in total. The van der Waals surface area contributed by atoms with E-state index in [2.05, 4.69) is 4.98 Å². The first-order chi connectivity index (χ1) is 14.9. The lowest BCUT2D eigenvalue weighted by molar-refractivity contribution is -0.123. The normalized spacial score (nSPS) is 21.2. The Kier molecular flexibility index (Phi) is 5.54. The molecule has 3 heterocycles. The van der Waals surface area contributed by atoms with E-state index in [-0.39, 0.29) is 16.3 Å². The molecular formula is C21H26N4O5S2. The number of sulfonamides is 2. The summed E-state index contributed by atoms with van der Waals surface area (Å²) in [5, 5.41) is 0. The number of pyridine rings is 1. The highest BCUT2D eigenvalue weighted by Gasteiger charge is 2.50. The minimum atomic E-state index is -3.80. The molecule has 11 heteroatoms. The summed E-state index contributed by atoms with van der Waals surface area (Å²) >= 11 is 0. The molecule has 0 N–H and O–H groups in total. The Morgan fingerprint density at radius 3 is 2.25 bits per heavy atom. The number of anilines is 2. The topological polar surface area (TPSA) is 108 Å². The van der Waals surface area contributed by atoms with Gasteiger partial charge in [0.25, 0.3) is 0 Å². The molecule has 32 heavy (non-hydrogen) atoms. The average Bonchev–Trinajstić information content (AvgIpc) is 2.90. The van der Waals surface area contributed by atoms with Gasteiger partial charge in [0.15, 0.2) is 0 Å². The second-order valence-corrected chi connectivity index (χ2v) is 12.5. The number of hydrogen-bond acceptors (Lipinski definition) is 7. The molecule has 172 valence electrons. The zero-order chi connectivity index (χ0) is 23.3. The van der Waals surface area contributed by atoms with E-state index in [1.807, 2.05) is 23.1 Å². The third kappa shape index (κ3) is 3.89. The van der Waals surface area contributed by atoms with E-state index >= 15 is 0 Å². The molecule has 4 rings (SSSR count). The van der Waals surface area contributed by atoms with Crippen LogP contribution in [0.3, 0.4) is 0 Å². The largest absolute Gasteiger partial charge is 0.354 e. The fraction of sp³-hybridized carbons (Fsp3) is 0.429. The lowest BCUT2D eigenvalue weighted by Crippen LogP contribution is -2.49. The molecule has 0 bridgehead atoms. The molecule has 0 spiro atoms. The maximum Gasteiger partial charge on any atom is 0.247 e. The molecule has 2 aliphatic rings. The zero-order valence-corrected chi connectivity index (χ0v) is 19.9. The first-order valence-electron chi connectivity index (χ1n) is 10.3. The molecule has 0 atom stereocenters. The number of carbonyl (C=O) groups is 1. The number of benzene rings is 1. The Morgan fingerprint density at radius 1 is 1.03 bits per heavy atom. The number of amides is 1. The predicted octanol–water partition coefficient (Wildman–Crippen LogP) is 1.60. The van der Waals surface area contributed by atoms with Crippen molar-refractivity contribution in [1.82, 2.24) is 9.29 Å². The van der Waals surface area contributed by atoms with Crippen molar-refractivity contribution < 1.29 is 21.6 Å². The first-order valence-corrected chi connectivity index (χ1v) is 13.3. The van der Waals surface area contributed by atoms with Gasteiger partial charge in [-0.25, -0.2) is 26.1 Å². The van der Waals surface area contributed by atoms with Crippen LogP contribution in [0.15, 0.2) is 47.5 Å². The third-order valence-corrected chi connectivity index (χ3v) is 9.89. The van der Waals surface area contributed by atoms with Crippen LogP contribution in [0, 0.1) is 12.3 Å². The van der Waals surface area contributed by atoms with Crippen LogP contribution in [0.4, 0.5) is 11.5 Å². The van der Waals surface area contributed by atoms with Crippen LogP contribution < -0.4 is 9.21 Å². The van der Waals surface area contributed by atoms with Gasteiger partial charge >= 0.3 is 0 Å². The quantitative estimate of drug-likeness (QED) is 0.657. The van der Waals surface area contributed by atoms with Gasteiger partial charge in [-0.15, -0.1) is 0 Å². The molecule has 0 aliphatic carbocycles. The molecule has 1 aromatic carbocycles. The Morgan fingerprint density at radius 2 is 1.72 bits per heavy atom. The van der Waals surface area contributed by atoms with E-state index in [0.717, 1.165) is 10.1 Å². The highest BCUT2D eigenvalue weighted by Crippen LogP contribution is 2.37. The van der Waals surface area contributed by atoms with Gasteiger partial charge in [-0.3, -0.25) is 4.79 Å². The summed E-state index contributed by atoms with van der Waals surface area (Å²) in [5.41, 5.74) is -0.468. The van der Waals surface area contributed by atoms with Gasteiger partial charge in [-0.2, -0.15) is 4.31 Å². The van der Waals surface area contributed by atoms with Crippen LogP contribution in [0.25, 0.3) is 0 Å². The molecule has 0 radical (unpaired) electrons. The third-order valence-electron chi connectivity index (χ3n) is 5.81. The molecule has 2 aromatic rings. The van der Waals surface area contributed by atoms with Crippen LogP contribution in [-0.4, -0.2) is 64.0 Å². The summed E-state index contributed by atoms with van der Waals surface area (Å²) in [6, 6.07) is 9.84. The number of carbonyl (C=O) groups excluding carboxylic acids is 1. The number of piperazine rings is 1. The highest BCUT2D eigenvalue weighted by atomic mass is 32.2. The first kappa shape index (κ1) is 22.7. The number of aromatic nitrogens is 1. The van der Waals surface area contributed by atoms with E-state index in [9.17, 15) is 21.6 Å². The Bertz CT molecular complexity index is 1250. The van der Waals surface area contributed by atoms with Crippen molar-refractivity contribution in [2.24, 2.45) is 5.41 Å². The molecule has 1 aromatic heterocycles. The Labute approximate surface area is 188 Å². The summed E-state index contributed by atoms with van der Waals surface area (Å²) in [7, 11) is -7.57. The summed E-state index contributed by atoms with van der Waals surface area (Å²) in [4.78, 5) is 19.1. The van der Waals surface area contributed by atoms with E-state index in [1.54, 1.807) is 27.0 Å². The summed E-state index contributed by atoms with van der Waals surface area (Å²) < 4.78 is 53.9. The molecular weight excluding hydrogens is 452 g/mol. The van der Waals surface area contributed by atoms with Gasteiger partial charge in [0, 0.05) is 32.4 Å². The van der Waals surface area contributed by atoms with Crippen LogP contribution >= 0.6 is 0 Å². The molecule has 0 unspecified atom stereocenters. The van der Waals surface area contributed by atoms with Crippen molar-refractivity contribution in [3.8, 4) is 0 Å².